The Morgan fingerprint density at radius 3 is 2.50 bits per heavy atom. The van der Waals surface area contributed by atoms with Crippen LogP contribution < -0.4 is 10.1 Å². The Hall–Kier alpha value is -2.69. The standard InChI is InChI=1S/C15H14F2N2O6S/c16-14(17)25-10-3-1-9(2-4-10)13(22)18-11(20)8-24-12(21)7-19-5-6-26-15(19)23/h1-4,14H,5-8H2,(H,18,20,22). The zero-order valence-corrected chi connectivity index (χ0v) is 14.1. The van der Waals surface area contributed by atoms with Gasteiger partial charge in [-0.05, 0) is 24.3 Å². The van der Waals surface area contributed by atoms with E-state index in [9.17, 15) is 28.0 Å². The second kappa shape index (κ2) is 9.13. The first-order valence-corrected chi connectivity index (χ1v) is 8.30. The Labute approximate surface area is 150 Å². The lowest BCUT2D eigenvalue weighted by Gasteiger charge is -2.13. The first kappa shape index (κ1) is 19.6. The van der Waals surface area contributed by atoms with Crippen molar-refractivity contribution in [2.45, 2.75) is 6.61 Å². The Kier molecular flexibility index (Phi) is 6.89. The average Bonchev–Trinajstić information content (AvgIpc) is 2.98. The summed E-state index contributed by atoms with van der Waals surface area (Å²) in [6.45, 7) is -3.51. The lowest BCUT2D eigenvalue weighted by atomic mass is 10.2. The number of rotatable bonds is 7. The zero-order valence-electron chi connectivity index (χ0n) is 13.3. The topological polar surface area (TPSA) is 102 Å². The van der Waals surface area contributed by atoms with Crippen LogP contribution in [0.15, 0.2) is 24.3 Å². The quantitative estimate of drug-likeness (QED) is 0.702. The van der Waals surface area contributed by atoms with Crippen LogP contribution >= 0.6 is 11.8 Å². The summed E-state index contributed by atoms with van der Waals surface area (Å²) in [5.41, 5.74) is 0.0333. The molecule has 1 N–H and O–H groups in total. The van der Waals surface area contributed by atoms with Gasteiger partial charge in [-0.15, -0.1) is 0 Å². The highest BCUT2D eigenvalue weighted by molar-refractivity contribution is 8.13. The molecule has 1 aromatic carbocycles. The fourth-order valence-electron chi connectivity index (χ4n) is 1.94. The van der Waals surface area contributed by atoms with E-state index in [0.29, 0.717) is 12.3 Å². The number of alkyl halides is 2. The molecule has 140 valence electrons. The van der Waals surface area contributed by atoms with Crippen LogP contribution in [0, 0.1) is 0 Å². The van der Waals surface area contributed by atoms with Crippen LogP contribution in [0.2, 0.25) is 0 Å². The molecule has 1 heterocycles. The van der Waals surface area contributed by atoms with Crippen molar-refractivity contribution in [2.24, 2.45) is 0 Å². The zero-order chi connectivity index (χ0) is 19.1. The van der Waals surface area contributed by atoms with Gasteiger partial charge in [0.25, 0.3) is 17.1 Å². The third kappa shape index (κ3) is 5.99. The number of imide groups is 1. The van der Waals surface area contributed by atoms with Crippen LogP contribution in [0.4, 0.5) is 13.6 Å². The number of ether oxygens (including phenoxy) is 2. The van der Waals surface area contributed by atoms with E-state index in [1.807, 2.05) is 5.32 Å². The highest BCUT2D eigenvalue weighted by Gasteiger charge is 2.24. The van der Waals surface area contributed by atoms with Gasteiger partial charge in [0.15, 0.2) is 6.61 Å². The number of halogens is 2. The molecule has 0 aliphatic carbocycles. The lowest BCUT2D eigenvalue weighted by molar-refractivity contribution is -0.148. The van der Waals surface area contributed by atoms with Crippen LogP contribution in [0.5, 0.6) is 5.75 Å². The molecule has 8 nitrogen and oxygen atoms in total. The summed E-state index contributed by atoms with van der Waals surface area (Å²) in [6, 6.07) is 4.69. The molecule has 1 aromatic rings. The van der Waals surface area contributed by atoms with Gasteiger partial charge in [0.2, 0.25) is 0 Å². The molecule has 0 atom stereocenters. The predicted molar refractivity (Wildman–Crippen MR) is 85.9 cm³/mol. The number of nitrogens with zero attached hydrogens (tertiary/aromatic N) is 1. The molecule has 0 saturated carbocycles. The number of hydrogen-bond donors (Lipinski definition) is 1. The molecule has 0 spiro atoms. The molecule has 1 aliphatic rings. The van der Waals surface area contributed by atoms with E-state index in [1.165, 1.54) is 17.0 Å². The third-order valence-corrected chi connectivity index (χ3v) is 4.02. The second-order valence-electron chi connectivity index (χ2n) is 4.98. The number of carbonyl (C=O) groups is 4. The van der Waals surface area contributed by atoms with Crippen molar-refractivity contribution < 1.29 is 37.4 Å². The maximum absolute atomic E-state index is 12.0. The van der Waals surface area contributed by atoms with Crippen LogP contribution in [-0.2, 0) is 14.3 Å². The molecular formula is C15H14F2N2O6S. The van der Waals surface area contributed by atoms with E-state index in [-0.39, 0.29) is 23.1 Å². The molecule has 1 fully saturated rings. The van der Waals surface area contributed by atoms with E-state index in [0.717, 1.165) is 23.9 Å². The number of carbonyl (C=O) groups excluding carboxylic acids is 4. The van der Waals surface area contributed by atoms with Gasteiger partial charge in [0, 0.05) is 17.9 Å². The summed E-state index contributed by atoms with van der Waals surface area (Å²) in [7, 11) is 0. The fraction of sp³-hybridized carbons (Fsp3) is 0.333. The van der Waals surface area contributed by atoms with E-state index in [1.54, 1.807) is 0 Å². The van der Waals surface area contributed by atoms with Gasteiger partial charge >= 0.3 is 12.6 Å². The first-order valence-electron chi connectivity index (χ1n) is 7.31. The summed E-state index contributed by atoms with van der Waals surface area (Å²) in [5.74, 6) is -1.97. The van der Waals surface area contributed by atoms with Crippen molar-refractivity contribution in [3.05, 3.63) is 29.8 Å². The molecular weight excluding hydrogens is 374 g/mol. The summed E-state index contributed by atoms with van der Waals surface area (Å²) in [5, 5.41) is 1.75. The molecule has 0 radical (unpaired) electrons. The van der Waals surface area contributed by atoms with Gasteiger partial charge in [-0.1, -0.05) is 11.8 Å². The summed E-state index contributed by atoms with van der Waals surface area (Å²) in [4.78, 5) is 47.7. The van der Waals surface area contributed by atoms with E-state index >= 15 is 0 Å². The van der Waals surface area contributed by atoms with Crippen LogP contribution in [0.25, 0.3) is 0 Å². The molecule has 3 amide bonds. The van der Waals surface area contributed by atoms with Gasteiger partial charge < -0.3 is 14.4 Å². The minimum absolute atomic E-state index is 0.0333. The van der Waals surface area contributed by atoms with Crippen molar-refractivity contribution in [3.8, 4) is 5.75 Å². The molecule has 1 saturated heterocycles. The molecule has 2 rings (SSSR count). The maximum Gasteiger partial charge on any atom is 0.387 e. The Balaban J connectivity index is 1.75. The minimum atomic E-state index is -2.99. The molecule has 1 aliphatic heterocycles. The molecule has 0 bridgehead atoms. The Bertz CT molecular complexity index is 698. The number of benzene rings is 1. The van der Waals surface area contributed by atoms with Crippen molar-refractivity contribution >= 4 is 34.8 Å². The number of nitrogens with one attached hydrogen (secondary N) is 1. The maximum atomic E-state index is 12.0. The van der Waals surface area contributed by atoms with Gasteiger partial charge in [0.1, 0.15) is 12.3 Å². The van der Waals surface area contributed by atoms with Gasteiger partial charge in [-0.3, -0.25) is 24.5 Å². The smallest absolute Gasteiger partial charge is 0.387 e. The first-order chi connectivity index (χ1) is 12.3. The van der Waals surface area contributed by atoms with Crippen molar-refractivity contribution in [1.82, 2.24) is 10.2 Å². The SMILES string of the molecule is O=C(COC(=O)CN1CCSC1=O)NC(=O)c1ccc(OC(F)F)cc1. The van der Waals surface area contributed by atoms with E-state index in [2.05, 4.69) is 4.74 Å². The van der Waals surface area contributed by atoms with Crippen molar-refractivity contribution in [1.29, 1.82) is 0 Å². The minimum Gasteiger partial charge on any atom is -0.454 e. The van der Waals surface area contributed by atoms with Crippen LogP contribution in [0.3, 0.4) is 0 Å². The van der Waals surface area contributed by atoms with Gasteiger partial charge in [-0.25, -0.2) is 0 Å². The van der Waals surface area contributed by atoms with Crippen molar-refractivity contribution in [2.75, 3.05) is 25.4 Å². The van der Waals surface area contributed by atoms with Gasteiger partial charge in [0.05, 0.1) is 0 Å². The van der Waals surface area contributed by atoms with Crippen molar-refractivity contribution in [3.63, 3.8) is 0 Å². The third-order valence-electron chi connectivity index (χ3n) is 3.12. The highest BCUT2D eigenvalue weighted by atomic mass is 32.2. The molecule has 26 heavy (non-hydrogen) atoms. The number of hydrogen-bond acceptors (Lipinski definition) is 7. The summed E-state index contributed by atoms with van der Waals surface area (Å²) >= 11 is 1.09. The van der Waals surface area contributed by atoms with Gasteiger partial charge in [-0.2, -0.15) is 8.78 Å². The van der Waals surface area contributed by atoms with Crippen LogP contribution in [0.1, 0.15) is 10.4 Å². The predicted octanol–water partition coefficient (Wildman–Crippen LogP) is 1.26. The summed E-state index contributed by atoms with van der Waals surface area (Å²) in [6.07, 6.45) is 0. The average molecular weight is 388 g/mol. The number of thioether (sulfide) groups is 1. The molecule has 0 unspecified atom stereocenters. The number of esters is 1. The lowest BCUT2D eigenvalue weighted by Crippen LogP contribution is -2.36. The largest absolute Gasteiger partial charge is 0.454 e. The summed E-state index contributed by atoms with van der Waals surface area (Å²) < 4.78 is 32.9. The highest BCUT2D eigenvalue weighted by Crippen LogP contribution is 2.16. The monoisotopic (exact) mass is 388 g/mol. The van der Waals surface area contributed by atoms with Crippen LogP contribution in [-0.4, -0.2) is 60.0 Å². The number of amides is 3. The fourth-order valence-corrected chi connectivity index (χ4v) is 2.76. The normalized spacial score (nSPS) is 13.7. The molecule has 0 aromatic heterocycles. The Morgan fingerprint density at radius 2 is 1.92 bits per heavy atom. The second-order valence-corrected chi connectivity index (χ2v) is 6.02. The van der Waals surface area contributed by atoms with E-state index in [4.69, 9.17) is 4.74 Å². The Morgan fingerprint density at radius 1 is 1.23 bits per heavy atom. The van der Waals surface area contributed by atoms with E-state index < -0.39 is 31.0 Å². The molecule has 11 heteroatoms.